The summed E-state index contributed by atoms with van der Waals surface area (Å²) in [4.78, 5) is 12.7. The average molecular weight is 330 g/mol. The van der Waals surface area contributed by atoms with Crippen LogP contribution in [0, 0.1) is 11.3 Å². The molecular weight excluding hydrogens is 316 g/mol. The smallest absolute Gasteiger partial charge is 0.344 e. The van der Waals surface area contributed by atoms with Crippen LogP contribution >= 0.6 is 0 Å². The highest BCUT2D eigenvalue weighted by atomic mass is 16.5. The molecule has 2 aromatic carbocycles. The van der Waals surface area contributed by atoms with Gasteiger partial charge in [0.05, 0.1) is 22.6 Å². The minimum Gasteiger partial charge on any atom is -0.440 e. The lowest BCUT2D eigenvalue weighted by atomic mass is 9.84. The Labute approximate surface area is 143 Å². The number of nitrogens with two attached hydrogens (primary N) is 1. The fraction of sp³-hybridized carbons (Fsp3) is 0.100. The van der Waals surface area contributed by atoms with Crippen LogP contribution in [0.2, 0.25) is 0 Å². The van der Waals surface area contributed by atoms with Crippen molar-refractivity contribution in [3.8, 4) is 11.8 Å². The number of hydrogen-bond donors (Lipinski definition) is 1. The van der Waals surface area contributed by atoms with Crippen LogP contribution in [0.5, 0.6) is 5.75 Å². The second-order valence-corrected chi connectivity index (χ2v) is 5.94. The number of benzene rings is 2. The van der Waals surface area contributed by atoms with Crippen LogP contribution in [-0.2, 0) is 0 Å². The maximum atomic E-state index is 12.7. The zero-order valence-electron chi connectivity index (χ0n) is 13.4. The SMILES string of the molecule is CC1=C(N)Oc2c(c(=O)oc3ccccc23)C1c1ccc(C#N)cc1. The molecule has 1 aliphatic heterocycles. The van der Waals surface area contributed by atoms with E-state index in [-0.39, 0.29) is 11.8 Å². The number of nitrogens with zero attached hydrogens (tertiary/aromatic N) is 1. The monoisotopic (exact) mass is 330 g/mol. The van der Waals surface area contributed by atoms with E-state index < -0.39 is 5.63 Å². The van der Waals surface area contributed by atoms with Gasteiger partial charge in [0, 0.05) is 5.92 Å². The van der Waals surface area contributed by atoms with E-state index in [4.69, 9.17) is 20.1 Å². The van der Waals surface area contributed by atoms with Gasteiger partial charge in [-0.3, -0.25) is 0 Å². The summed E-state index contributed by atoms with van der Waals surface area (Å²) in [6, 6.07) is 16.4. The highest BCUT2D eigenvalue weighted by molar-refractivity contribution is 5.85. The van der Waals surface area contributed by atoms with Crippen LogP contribution < -0.4 is 16.1 Å². The summed E-state index contributed by atoms with van der Waals surface area (Å²) in [7, 11) is 0. The Morgan fingerprint density at radius 3 is 2.56 bits per heavy atom. The van der Waals surface area contributed by atoms with Gasteiger partial charge in [-0.1, -0.05) is 24.3 Å². The van der Waals surface area contributed by atoms with Gasteiger partial charge < -0.3 is 14.9 Å². The second-order valence-electron chi connectivity index (χ2n) is 5.94. The molecule has 0 amide bonds. The van der Waals surface area contributed by atoms with Gasteiger partial charge in [0.1, 0.15) is 5.58 Å². The van der Waals surface area contributed by atoms with E-state index in [2.05, 4.69) is 6.07 Å². The van der Waals surface area contributed by atoms with Crippen LogP contribution in [-0.4, -0.2) is 0 Å². The Morgan fingerprint density at radius 2 is 1.84 bits per heavy atom. The normalized spacial score (nSPS) is 16.2. The van der Waals surface area contributed by atoms with Crippen molar-refractivity contribution in [2.75, 3.05) is 0 Å². The molecule has 4 rings (SSSR count). The van der Waals surface area contributed by atoms with E-state index in [1.165, 1.54) is 0 Å². The molecule has 0 spiro atoms. The van der Waals surface area contributed by atoms with E-state index in [1.54, 1.807) is 24.3 Å². The first kappa shape index (κ1) is 15.0. The van der Waals surface area contributed by atoms with Crippen LogP contribution in [0.3, 0.4) is 0 Å². The third kappa shape index (κ3) is 2.27. The minimum atomic E-state index is -0.449. The number of ether oxygens (including phenoxy) is 1. The molecule has 3 aromatic rings. The lowest BCUT2D eigenvalue weighted by molar-refractivity contribution is 0.384. The first-order valence-corrected chi connectivity index (χ1v) is 7.80. The van der Waals surface area contributed by atoms with Gasteiger partial charge in [-0.25, -0.2) is 4.79 Å². The number of nitriles is 1. The quantitative estimate of drug-likeness (QED) is 0.691. The van der Waals surface area contributed by atoms with Crippen molar-refractivity contribution in [2.24, 2.45) is 5.73 Å². The number of fused-ring (bicyclic) bond motifs is 3. The summed E-state index contributed by atoms with van der Waals surface area (Å²) in [6.07, 6.45) is 0. The van der Waals surface area contributed by atoms with Gasteiger partial charge in [-0.15, -0.1) is 0 Å². The van der Waals surface area contributed by atoms with Gasteiger partial charge in [0.15, 0.2) is 11.6 Å². The highest BCUT2D eigenvalue weighted by Gasteiger charge is 2.32. The van der Waals surface area contributed by atoms with E-state index in [9.17, 15) is 4.79 Å². The Kier molecular flexibility index (Phi) is 3.33. The number of para-hydroxylation sites is 1. The fourth-order valence-corrected chi connectivity index (χ4v) is 3.21. The number of allylic oxidation sites excluding steroid dienone is 1. The van der Waals surface area contributed by atoms with Crippen molar-refractivity contribution in [1.82, 2.24) is 0 Å². The Hall–Kier alpha value is -3.52. The first-order valence-electron chi connectivity index (χ1n) is 7.80. The molecule has 1 aromatic heterocycles. The second kappa shape index (κ2) is 5.53. The third-order valence-corrected chi connectivity index (χ3v) is 4.49. The average Bonchev–Trinajstić information content (AvgIpc) is 2.63. The molecular formula is C20H14N2O3. The molecule has 0 fully saturated rings. The molecule has 1 atom stereocenters. The Morgan fingerprint density at radius 1 is 1.12 bits per heavy atom. The lowest BCUT2D eigenvalue weighted by Crippen LogP contribution is -2.25. The topological polar surface area (TPSA) is 89.2 Å². The third-order valence-electron chi connectivity index (χ3n) is 4.49. The van der Waals surface area contributed by atoms with Crippen LogP contribution in [0.15, 0.2) is 69.2 Å². The zero-order valence-corrected chi connectivity index (χ0v) is 13.4. The Balaban J connectivity index is 2.02. The van der Waals surface area contributed by atoms with E-state index in [1.807, 2.05) is 31.2 Å². The summed E-state index contributed by atoms with van der Waals surface area (Å²) < 4.78 is 11.3. The fourth-order valence-electron chi connectivity index (χ4n) is 3.21. The summed E-state index contributed by atoms with van der Waals surface area (Å²) in [5, 5.41) is 9.69. The molecule has 0 saturated carbocycles. The van der Waals surface area contributed by atoms with E-state index in [0.29, 0.717) is 27.8 Å². The lowest BCUT2D eigenvalue weighted by Gasteiger charge is -2.27. The van der Waals surface area contributed by atoms with E-state index >= 15 is 0 Å². The summed E-state index contributed by atoms with van der Waals surface area (Å²) in [5.41, 5.74) is 8.66. The van der Waals surface area contributed by atoms with Gasteiger partial charge in [0.25, 0.3) is 0 Å². The van der Waals surface area contributed by atoms with Crippen molar-refractivity contribution < 1.29 is 9.15 Å². The molecule has 0 saturated heterocycles. The van der Waals surface area contributed by atoms with Gasteiger partial charge in [-0.05, 0) is 42.3 Å². The predicted molar refractivity (Wildman–Crippen MR) is 93.0 cm³/mol. The number of hydrogen-bond acceptors (Lipinski definition) is 5. The van der Waals surface area contributed by atoms with Gasteiger partial charge in [-0.2, -0.15) is 5.26 Å². The molecule has 5 nitrogen and oxygen atoms in total. The van der Waals surface area contributed by atoms with Crippen LogP contribution in [0.25, 0.3) is 11.0 Å². The standard InChI is InChI=1S/C20H14N2O3/c1-11-16(13-8-6-12(10-21)7-9-13)17-18(25-19(11)22)14-4-2-3-5-15(14)24-20(17)23/h2-9,16H,22H2,1H3. The van der Waals surface area contributed by atoms with Crippen molar-refractivity contribution >= 4 is 11.0 Å². The predicted octanol–water partition coefficient (Wildman–Crippen LogP) is 3.38. The molecule has 25 heavy (non-hydrogen) atoms. The van der Waals surface area contributed by atoms with Crippen molar-refractivity contribution in [3.05, 3.63) is 87.1 Å². The highest BCUT2D eigenvalue weighted by Crippen LogP contribution is 2.43. The maximum absolute atomic E-state index is 12.7. The van der Waals surface area contributed by atoms with Crippen molar-refractivity contribution in [2.45, 2.75) is 12.8 Å². The number of rotatable bonds is 1. The van der Waals surface area contributed by atoms with E-state index in [0.717, 1.165) is 11.1 Å². The molecule has 1 unspecified atom stereocenters. The molecule has 0 radical (unpaired) electrons. The van der Waals surface area contributed by atoms with Crippen molar-refractivity contribution in [1.29, 1.82) is 5.26 Å². The van der Waals surface area contributed by atoms with Crippen LogP contribution in [0.1, 0.15) is 29.5 Å². The molecule has 0 bridgehead atoms. The molecule has 2 N–H and O–H groups in total. The van der Waals surface area contributed by atoms with Crippen LogP contribution in [0.4, 0.5) is 0 Å². The molecule has 5 heteroatoms. The largest absolute Gasteiger partial charge is 0.440 e. The summed E-state index contributed by atoms with van der Waals surface area (Å²) in [5.74, 6) is 0.333. The molecule has 2 heterocycles. The first-order chi connectivity index (χ1) is 12.1. The summed E-state index contributed by atoms with van der Waals surface area (Å²) >= 11 is 0. The Bertz CT molecular complexity index is 1120. The maximum Gasteiger partial charge on any atom is 0.344 e. The van der Waals surface area contributed by atoms with Gasteiger partial charge in [0.2, 0.25) is 0 Å². The summed E-state index contributed by atoms with van der Waals surface area (Å²) in [6.45, 7) is 1.83. The zero-order chi connectivity index (χ0) is 17.6. The minimum absolute atomic E-state index is 0.276. The molecule has 1 aliphatic rings. The van der Waals surface area contributed by atoms with Crippen molar-refractivity contribution in [3.63, 3.8) is 0 Å². The van der Waals surface area contributed by atoms with Gasteiger partial charge >= 0.3 is 5.63 Å². The molecule has 0 aliphatic carbocycles. The molecule has 122 valence electrons.